The summed E-state index contributed by atoms with van der Waals surface area (Å²) in [5.41, 5.74) is -0.420. The number of H-pyrrole nitrogens is 1. The molecule has 0 saturated carbocycles. The number of fused-ring (bicyclic) bond motifs is 1. The number of rotatable bonds is 8. The van der Waals surface area contributed by atoms with E-state index >= 15 is 4.39 Å². The number of benzene rings is 1. The summed E-state index contributed by atoms with van der Waals surface area (Å²) in [6, 6.07) is 2.49. The van der Waals surface area contributed by atoms with Gasteiger partial charge in [0.05, 0.1) is 5.56 Å². The zero-order valence-electron chi connectivity index (χ0n) is 16.1. The van der Waals surface area contributed by atoms with Crippen LogP contribution in [0.2, 0.25) is 0 Å². The lowest BCUT2D eigenvalue weighted by Gasteiger charge is -2.16. The van der Waals surface area contributed by atoms with Crippen LogP contribution in [0.25, 0.3) is 17.1 Å². The number of hydrogen-bond acceptors (Lipinski definition) is 5. The smallest absolute Gasteiger partial charge is 0.328 e. The third kappa shape index (κ3) is 4.67. The Morgan fingerprint density at radius 1 is 1.32 bits per heavy atom. The second-order valence-corrected chi connectivity index (χ2v) is 7.31. The van der Waals surface area contributed by atoms with E-state index in [-0.39, 0.29) is 28.6 Å². The second kappa shape index (κ2) is 9.14. The molecule has 0 saturated heterocycles. The molecule has 0 aliphatic heterocycles. The van der Waals surface area contributed by atoms with Crippen molar-refractivity contribution < 1.29 is 31.9 Å². The number of hydrogen-bond donors (Lipinski definition) is 4. The van der Waals surface area contributed by atoms with Crippen molar-refractivity contribution in [2.24, 2.45) is 0 Å². The van der Waals surface area contributed by atoms with Crippen molar-refractivity contribution in [1.82, 2.24) is 14.7 Å². The zero-order valence-corrected chi connectivity index (χ0v) is 17.0. The Morgan fingerprint density at radius 3 is 2.71 bits per heavy atom. The van der Waals surface area contributed by atoms with Crippen molar-refractivity contribution in [3.05, 3.63) is 70.6 Å². The highest BCUT2D eigenvalue weighted by Crippen LogP contribution is 2.28. The van der Waals surface area contributed by atoms with Gasteiger partial charge in [0, 0.05) is 41.0 Å². The predicted octanol–water partition coefficient (Wildman–Crippen LogP) is 2.74. The van der Waals surface area contributed by atoms with Gasteiger partial charge in [-0.3, -0.25) is 4.79 Å². The van der Waals surface area contributed by atoms with Crippen molar-refractivity contribution in [3.63, 3.8) is 0 Å². The summed E-state index contributed by atoms with van der Waals surface area (Å²) in [7, 11) is -3.04. The molecule has 3 N–H and O–H groups in total. The number of pyridine rings is 1. The lowest BCUT2D eigenvalue weighted by atomic mass is 9.96. The lowest BCUT2D eigenvalue weighted by Crippen LogP contribution is -2.21. The molecule has 31 heavy (non-hydrogen) atoms. The Labute approximate surface area is 176 Å². The van der Waals surface area contributed by atoms with Crippen LogP contribution in [0, 0.1) is 11.6 Å². The van der Waals surface area contributed by atoms with Crippen LogP contribution >= 0.6 is 0 Å². The number of aromatic nitrogens is 2. The number of carboxylic acid groups (broad SMARTS) is 1. The van der Waals surface area contributed by atoms with Crippen molar-refractivity contribution in [2.45, 2.75) is 19.4 Å². The summed E-state index contributed by atoms with van der Waals surface area (Å²) in [5, 5.41) is 9.00. The molecule has 2 heterocycles. The van der Waals surface area contributed by atoms with Gasteiger partial charge in [-0.05, 0) is 30.2 Å². The Morgan fingerprint density at radius 2 is 2.06 bits per heavy atom. The minimum Gasteiger partial charge on any atom is -0.478 e. The van der Waals surface area contributed by atoms with E-state index in [1.54, 1.807) is 6.92 Å². The number of ketones is 1. The maximum atomic E-state index is 15.2. The van der Waals surface area contributed by atoms with Crippen molar-refractivity contribution in [2.75, 3.05) is 0 Å². The number of carbonyl (C=O) groups is 2. The molecule has 3 aromatic rings. The van der Waals surface area contributed by atoms with Crippen LogP contribution in [0.4, 0.5) is 8.78 Å². The van der Waals surface area contributed by atoms with E-state index in [1.807, 2.05) is 0 Å². The highest BCUT2D eigenvalue weighted by atomic mass is 32.2. The number of thiol groups is 1. The molecule has 11 heteroatoms. The largest absolute Gasteiger partial charge is 0.478 e. The first-order valence-electron chi connectivity index (χ1n) is 9.04. The predicted molar refractivity (Wildman–Crippen MR) is 109 cm³/mol. The standard InChI is InChI=1S/C20H17F2N3O5S/c1-2-15(25-31(29)30)11-4-5-14(21)17(18(11)22)19(28)13-9-24-20-12(13)7-10(8-23-20)3-6-16(26)27/h3-9,15,31H,2H2,1H3,(H,23,24)(H,26,27)(H,25,29,30). The summed E-state index contributed by atoms with van der Waals surface area (Å²) in [4.78, 5) is 30.6. The molecule has 0 aliphatic rings. The van der Waals surface area contributed by atoms with Gasteiger partial charge in [0.15, 0.2) is 0 Å². The summed E-state index contributed by atoms with van der Waals surface area (Å²) in [6.45, 7) is 1.61. The van der Waals surface area contributed by atoms with Crippen molar-refractivity contribution >= 4 is 39.8 Å². The fourth-order valence-electron chi connectivity index (χ4n) is 3.15. The summed E-state index contributed by atoms with van der Waals surface area (Å²) in [6.07, 6.45) is 4.95. The normalized spacial score (nSPS) is 12.6. The molecular formula is C20H17F2N3O5S. The monoisotopic (exact) mass is 449 g/mol. The summed E-state index contributed by atoms with van der Waals surface area (Å²) >= 11 is 0. The highest BCUT2D eigenvalue weighted by Gasteiger charge is 2.26. The van der Waals surface area contributed by atoms with Crippen LogP contribution in [-0.4, -0.2) is 35.2 Å². The summed E-state index contributed by atoms with van der Waals surface area (Å²) in [5.74, 6) is -4.40. The van der Waals surface area contributed by atoms with E-state index in [0.717, 1.165) is 18.2 Å². The van der Waals surface area contributed by atoms with Crippen molar-refractivity contribution in [3.8, 4) is 0 Å². The molecule has 0 radical (unpaired) electrons. The molecule has 162 valence electrons. The van der Waals surface area contributed by atoms with Crippen molar-refractivity contribution in [1.29, 1.82) is 0 Å². The molecule has 0 spiro atoms. The first-order chi connectivity index (χ1) is 14.7. The van der Waals surface area contributed by atoms with E-state index in [4.69, 9.17) is 5.11 Å². The van der Waals surface area contributed by atoms with E-state index in [0.29, 0.717) is 5.56 Å². The van der Waals surface area contributed by atoms with Crippen LogP contribution in [0.3, 0.4) is 0 Å². The van der Waals surface area contributed by atoms with E-state index in [9.17, 15) is 22.4 Å². The van der Waals surface area contributed by atoms with Gasteiger partial charge < -0.3 is 10.1 Å². The first-order valence-corrected chi connectivity index (χ1v) is 10.2. The van der Waals surface area contributed by atoms with Crippen LogP contribution in [0.1, 0.15) is 46.4 Å². The number of aromatic amines is 1. The summed E-state index contributed by atoms with van der Waals surface area (Å²) < 4.78 is 53.8. The zero-order chi connectivity index (χ0) is 22.7. The highest BCUT2D eigenvalue weighted by molar-refractivity contribution is 7.70. The van der Waals surface area contributed by atoms with E-state index in [2.05, 4.69) is 14.7 Å². The van der Waals surface area contributed by atoms with Crippen LogP contribution < -0.4 is 4.72 Å². The van der Waals surface area contributed by atoms with E-state index in [1.165, 1.54) is 24.5 Å². The molecular weight excluding hydrogens is 432 g/mol. The quantitative estimate of drug-likeness (QED) is 0.238. The van der Waals surface area contributed by atoms with Crippen LogP contribution in [-0.2, 0) is 15.7 Å². The van der Waals surface area contributed by atoms with Gasteiger partial charge in [-0.15, -0.1) is 0 Å². The number of halogens is 2. The van der Waals surface area contributed by atoms with Crippen LogP contribution in [0.15, 0.2) is 36.7 Å². The fraction of sp³-hybridized carbons (Fsp3) is 0.150. The molecule has 0 amide bonds. The molecule has 1 atom stereocenters. The van der Waals surface area contributed by atoms with Gasteiger partial charge >= 0.3 is 5.97 Å². The Kier molecular flexibility index (Phi) is 6.56. The molecule has 2 aromatic heterocycles. The van der Waals surface area contributed by atoms with Gasteiger partial charge in [-0.25, -0.2) is 31.7 Å². The average molecular weight is 449 g/mol. The minimum absolute atomic E-state index is 0.0704. The van der Waals surface area contributed by atoms with E-state index < -0.39 is 45.9 Å². The molecule has 0 aliphatic carbocycles. The van der Waals surface area contributed by atoms with Crippen LogP contribution in [0.5, 0.6) is 0 Å². The molecule has 3 rings (SSSR count). The topological polar surface area (TPSA) is 129 Å². The molecule has 8 nitrogen and oxygen atoms in total. The average Bonchev–Trinajstić information content (AvgIpc) is 3.14. The van der Waals surface area contributed by atoms with Gasteiger partial charge in [-0.2, -0.15) is 0 Å². The Bertz CT molecular complexity index is 1280. The van der Waals surface area contributed by atoms with Gasteiger partial charge in [0.1, 0.15) is 17.3 Å². The lowest BCUT2D eigenvalue weighted by molar-refractivity contribution is -0.131. The molecule has 0 bridgehead atoms. The number of aliphatic carboxylic acids is 1. The molecule has 1 unspecified atom stereocenters. The molecule has 1 aromatic carbocycles. The first kappa shape index (κ1) is 22.2. The minimum atomic E-state index is -3.04. The van der Waals surface area contributed by atoms with Gasteiger partial charge in [0.25, 0.3) is 0 Å². The third-order valence-electron chi connectivity index (χ3n) is 4.61. The number of nitrogens with zero attached hydrogens (tertiary/aromatic N) is 1. The SMILES string of the molecule is CCC(N[SH](=O)=O)c1ccc(F)c(C(=O)c2c[nH]c3ncc(C=CC(=O)O)cc23)c1F. The number of nitrogens with one attached hydrogen (secondary N) is 2. The number of carboxylic acids is 1. The maximum absolute atomic E-state index is 15.2. The molecule has 0 fully saturated rings. The fourth-order valence-corrected chi connectivity index (χ4v) is 3.73. The third-order valence-corrected chi connectivity index (χ3v) is 5.13. The Hall–Kier alpha value is -3.44. The number of carbonyl (C=O) groups excluding carboxylic acids is 1. The van der Waals surface area contributed by atoms with Gasteiger partial charge in [0.2, 0.25) is 16.7 Å². The maximum Gasteiger partial charge on any atom is 0.328 e. The second-order valence-electron chi connectivity index (χ2n) is 6.54. The Balaban J connectivity index is 2.10. The van der Waals surface area contributed by atoms with Gasteiger partial charge in [-0.1, -0.05) is 13.0 Å².